The fourth-order valence-electron chi connectivity index (χ4n) is 0.217. The number of hydrogen-bond acceptors (Lipinski definition) is 4. The summed E-state index contributed by atoms with van der Waals surface area (Å²) >= 11 is 5.01. The molecule has 0 amide bonds. The monoisotopic (exact) mass is 196 g/mol. The molecule has 4 nitrogen and oxygen atoms in total. The Bertz CT molecular complexity index is 163. The van der Waals surface area contributed by atoms with Crippen LogP contribution in [0.2, 0.25) is 0 Å². The van der Waals surface area contributed by atoms with E-state index in [1.165, 1.54) is 0 Å². The number of aliphatic hydroxyl groups is 1. The topological polar surface area (TPSA) is 77.4 Å². The van der Waals surface area contributed by atoms with Gasteiger partial charge in [0.15, 0.2) is 0 Å². The average Bonchev–Trinajstić information content (AvgIpc) is 1.65. The molecule has 0 heterocycles. The Morgan fingerprint density at radius 2 is 2.00 bits per heavy atom. The molecule has 0 rings (SSSR count). The molecule has 0 aliphatic heterocycles. The van der Waals surface area contributed by atoms with E-state index >= 15 is 0 Å². The SMILES string of the molecule is O=S(=O)([O-])C(CO)CCl.[Na+]. The Labute approximate surface area is 86.6 Å². The van der Waals surface area contributed by atoms with Crippen LogP contribution in [0.15, 0.2) is 0 Å². The normalized spacial score (nSPS) is 13.9. The Hall–Kier alpha value is 1.16. The number of rotatable bonds is 3. The number of hydrogen-bond donors (Lipinski definition) is 1. The van der Waals surface area contributed by atoms with E-state index in [0.717, 1.165) is 0 Å². The third-order valence-corrected chi connectivity index (χ3v) is 2.47. The Morgan fingerprint density at radius 1 is 1.60 bits per heavy atom. The predicted octanol–water partition coefficient (Wildman–Crippen LogP) is -3.86. The number of halogens is 1. The molecule has 1 atom stereocenters. The molecule has 56 valence electrons. The van der Waals surface area contributed by atoms with Gasteiger partial charge in [0.1, 0.15) is 10.1 Å². The maximum atomic E-state index is 9.99. The van der Waals surface area contributed by atoms with Crippen LogP contribution in [-0.4, -0.2) is 35.8 Å². The maximum absolute atomic E-state index is 9.99. The van der Waals surface area contributed by atoms with E-state index in [4.69, 9.17) is 16.7 Å². The van der Waals surface area contributed by atoms with Gasteiger partial charge in [-0.1, -0.05) is 0 Å². The van der Waals surface area contributed by atoms with Crippen molar-refractivity contribution in [2.24, 2.45) is 0 Å². The van der Waals surface area contributed by atoms with Crippen molar-refractivity contribution in [3.8, 4) is 0 Å². The molecule has 0 saturated carbocycles. The summed E-state index contributed by atoms with van der Waals surface area (Å²) in [6.45, 7) is -0.713. The minimum atomic E-state index is -4.40. The molecule has 0 fully saturated rings. The van der Waals surface area contributed by atoms with Gasteiger partial charge in [-0.2, -0.15) is 0 Å². The summed E-state index contributed by atoms with van der Waals surface area (Å²) in [7, 11) is -4.40. The Morgan fingerprint density at radius 3 is 2.00 bits per heavy atom. The van der Waals surface area contributed by atoms with Crippen molar-refractivity contribution in [1.82, 2.24) is 0 Å². The van der Waals surface area contributed by atoms with Crippen molar-refractivity contribution < 1.29 is 47.6 Å². The van der Waals surface area contributed by atoms with Crippen LogP contribution in [0.4, 0.5) is 0 Å². The first-order valence-electron chi connectivity index (χ1n) is 2.14. The van der Waals surface area contributed by atoms with Crippen LogP contribution in [0.25, 0.3) is 0 Å². The molecule has 0 aliphatic rings. The van der Waals surface area contributed by atoms with Gasteiger partial charge >= 0.3 is 29.6 Å². The minimum Gasteiger partial charge on any atom is -0.748 e. The summed E-state index contributed by atoms with van der Waals surface area (Å²) in [4.78, 5) is 0. The van der Waals surface area contributed by atoms with Crippen LogP contribution in [0.1, 0.15) is 0 Å². The minimum absolute atomic E-state index is 0. The largest absolute Gasteiger partial charge is 1.00 e. The summed E-state index contributed by atoms with van der Waals surface area (Å²) in [5.74, 6) is -0.359. The Balaban J connectivity index is 0. The predicted molar refractivity (Wildman–Crippen MR) is 31.3 cm³/mol. The van der Waals surface area contributed by atoms with E-state index < -0.39 is 22.0 Å². The average molecular weight is 197 g/mol. The number of aliphatic hydroxyl groups excluding tert-OH is 1. The standard InChI is InChI=1S/C3H7ClO4S.Na/c4-1-3(2-5)9(6,7)8;/h3,5H,1-2H2,(H,6,7,8);/q;+1/p-1. The first-order chi connectivity index (χ1) is 4.02. The van der Waals surface area contributed by atoms with Crippen LogP contribution in [0.3, 0.4) is 0 Å². The van der Waals surface area contributed by atoms with Crippen LogP contribution in [0.5, 0.6) is 0 Å². The maximum Gasteiger partial charge on any atom is 1.00 e. The summed E-state index contributed by atoms with van der Waals surface area (Å²) in [5.41, 5.74) is 0. The van der Waals surface area contributed by atoms with E-state index in [1.807, 2.05) is 0 Å². The van der Waals surface area contributed by atoms with E-state index in [9.17, 15) is 13.0 Å². The second-order valence-corrected chi connectivity index (χ2v) is 3.41. The van der Waals surface area contributed by atoms with Gasteiger partial charge in [-0.25, -0.2) is 8.42 Å². The first kappa shape index (κ1) is 13.7. The fourth-order valence-corrected chi connectivity index (χ4v) is 1.11. The zero-order valence-electron chi connectivity index (χ0n) is 5.45. The molecular weight excluding hydrogens is 191 g/mol. The molecular formula is C3H6ClNaO4S. The second-order valence-electron chi connectivity index (χ2n) is 1.45. The van der Waals surface area contributed by atoms with Crippen LogP contribution in [-0.2, 0) is 10.1 Å². The van der Waals surface area contributed by atoms with E-state index in [0.29, 0.717) is 0 Å². The molecule has 0 aliphatic carbocycles. The van der Waals surface area contributed by atoms with Gasteiger partial charge in [-0.05, 0) is 0 Å². The van der Waals surface area contributed by atoms with Crippen molar-refractivity contribution in [1.29, 1.82) is 0 Å². The Kier molecular flexibility index (Phi) is 7.92. The van der Waals surface area contributed by atoms with E-state index in [-0.39, 0.29) is 35.4 Å². The molecule has 0 radical (unpaired) electrons. The van der Waals surface area contributed by atoms with Gasteiger partial charge in [0.2, 0.25) is 0 Å². The smallest absolute Gasteiger partial charge is 0.748 e. The second kappa shape index (κ2) is 5.77. The van der Waals surface area contributed by atoms with Gasteiger partial charge in [0, 0.05) is 5.88 Å². The van der Waals surface area contributed by atoms with E-state index in [1.54, 1.807) is 0 Å². The van der Waals surface area contributed by atoms with Gasteiger partial charge < -0.3 is 9.66 Å². The molecule has 0 aromatic heterocycles. The summed E-state index contributed by atoms with van der Waals surface area (Å²) < 4.78 is 30.0. The molecule has 1 N–H and O–H groups in total. The third kappa shape index (κ3) is 4.90. The molecule has 0 saturated heterocycles. The van der Waals surface area contributed by atoms with Crippen molar-refractivity contribution in [2.45, 2.75) is 5.25 Å². The molecule has 0 aromatic rings. The molecule has 0 aromatic carbocycles. The molecule has 0 bridgehead atoms. The molecule has 7 heteroatoms. The van der Waals surface area contributed by atoms with Crippen LogP contribution >= 0.6 is 11.6 Å². The summed E-state index contributed by atoms with van der Waals surface area (Å²) in [5, 5.41) is 6.84. The van der Waals surface area contributed by atoms with Crippen molar-refractivity contribution in [3.63, 3.8) is 0 Å². The third-order valence-electron chi connectivity index (χ3n) is 0.784. The quantitative estimate of drug-likeness (QED) is 0.285. The molecule has 1 unspecified atom stereocenters. The zero-order valence-corrected chi connectivity index (χ0v) is 9.02. The van der Waals surface area contributed by atoms with Crippen molar-refractivity contribution >= 4 is 21.7 Å². The summed E-state index contributed by atoms with van der Waals surface area (Å²) in [6.07, 6.45) is 0. The fraction of sp³-hybridized carbons (Fsp3) is 1.00. The number of alkyl halides is 1. The van der Waals surface area contributed by atoms with Gasteiger partial charge in [0.05, 0.1) is 11.9 Å². The first-order valence-corrected chi connectivity index (χ1v) is 4.14. The van der Waals surface area contributed by atoms with Crippen LogP contribution in [0, 0.1) is 0 Å². The van der Waals surface area contributed by atoms with Crippen molar-refractivity contribution in [2.75, 3.05) is 12.5 Å². The zero-order chi connectivity index (χ0) is 7.49. The van der Waals surface area contributed by atoms with Gasteiger partial charge in [-0.15, -0.1) is 11.6 Å². The summed E-state index contributed by atoms with van der Waals surface area (Å²) in [6, 6.07) is 0. The van der Waals surface area contributed by atoms with Gasteiger partial charge in [-0.3, -0.25) is 0 Å². The van der Waals surface area contributed by atoms with Gasteiger partial charge in [0.25, 0.3) is 0 Å². The molecule has 0 spiro atoms. The van der Waals surface area contributed by atoms with E-state index in [2.05, 4.69) is 0 Å². The van der Waals surface area contributed by atoms with Crippen molar-refractivity contribution in [3.05, 3.63) is 0 Å². The molecule has 10 heavy (non-hydrogen) atoms. The van der Waals surface area contributed by atoms with Crippen LogP contribution < -0.4 is 29.6 Å².